The van der Waals surface area contributed by atoms with Crippen molar-refractivity contribution in [2.45, 2.75) is 41.0 Å². The second kappa shape index (κ2) is 7.97. The van der Waals surface area contributed by atoms with E-state index in [0.717, 1.165) is 34.5 Å². The van der Waals surface area contributed by atoms with Crippen LogP contribution in [0.4, 0.5) is 11.4 Å². The molecule has 0 saturated carbocycles. The number of anilines is 2. The summed E-state index contributed by atoms with van der Waals surface area (Å²) in [5.41, 5.74) is 5.95. The summed E-state index contributed by atoms with van der Waals surface area (Å²) in [6.07, 6.45) is 0.937. The fourth-order valence-corrected chi connectivity index (χ4v) is 3.00. The van der Waals surface area contributed by atoms with Crippen LogP contribution in [-0.4, -0.2) is 18.4 Å². The van der Waals surface area contributed by atoms with Gasteiger partial charge in [0, 0.05) is 18.3 Å². The van der Waals surface area contributed by atoms with Crippen LogP contribution >= 0.6 is 0 Å². The first-order valence-electron chi connectivity index (χ1n) is 8.56. The van der Waals surface area contributed by atoms with Crippen LogP contribution in [0.2, 0.25) is 0 Å². The Bertz CT molecular complexity index is 756. The zero-order chi connectivity index (χ0) is 18.6. The Morgan fingerprint density at radius 1 is 1.00 bits per heavy atom. The second-order valence-electron chi connectivity index (χ2n) is 6.45. The van der Waals surface area contributed by atoms with Gasteiger partial charge in [-0.05, 0) is 56.0 Å². The van der Waals surface area contributed by atoms with Gasteiger partial charge in [-0.15, -0.1) is 0 Å². The highest BCUT2D eigenvalue weighted by Gasteiger charge is 2.17. The van der Waals surface area contributed by atoms with Gasteiger partial charge in [0.25, 0.3) is 0 Å². The normalized spacial score (nSPS) is 10.4. The summed E-state index contributed by atoms with van der Waals surface area (Å²) >= 11 is 0. The summed E-state index contributed by atoms with van der Waals surface area (Å²) in [5, 5.41) is 2.95. The summed E-state index contributed by atoms with van der Waals surface area (Å²) in [7, 11) is 0. The number of rotatable bonds is 5. The number of carbonyl (C=O) groups excluding carboxylic acids is 2. The van der Waals surface area contributed by atoms with Crippen molar-refractivity contribution in [2.75, 3.05) is 16.8 Å². The van der Waals surface area contributed by atoms with Gasteiger partial charge >= 0.3 is 0 Å². The number of benzene rings is 2. The molecule has 132 valence electrons. The van der Waals surface area contributed by atoms with E-state index in [0.29, 0.717) is 0 Å². The van der Waals surface area contributed by atoms with Gasteiger partial charge in [0.15, 0.2) is 0 Å². The minimum atomic E-state index is -0.204. The highest BCUT2D eigenvalue weighted by atomic mass is 16.2. The minimum absolute atomic E-state index is 0.00639. The number of amides is 2. The Morgan fingerprint density at radius 2 is 1.56 bits per heavy atom. The molecule has 2 aromatic rings. The molecule has 0 aromatic heterocycles. The molecule has 0 spiro atoms. The van der Waals surface area contributed by atoms with E-state index >= 15 is 0 Å². The van der Waals surface area contributed by atoms with E-state index < -0.39 is 0 Å². The van der Waals surface area contributed by atoms with Crippen molar-refractivity contribution in [2.24, 2.45) is 0 Å². The molecule has 1 N–H and O–H groups in total. The smallest absolute Gasteiger partial charge is 0.244 e. The average Bonchev–Trinajstić information content (AvgIpc) is 2.56. The molecule has 0 unspecified atom stereocenters. The Balaban J connectivity index is 2.17. The lowest BCUT2D eigenvalue weighted by molar-refractivity contribution is -0.120. The zero-order valence-corrected chi connectivity index (χ0v) is 15.6. The molecule has 0 aliphatic rings. The summed E-state index contributed by atoms with van der Waals surface area (Å²) in [5.74, 6) is -0.360. The van der Waals surface area contributed by atoms with Gasteiger partial charge in [0.1, 0.15) is 6.54 Å². The monoisotopic (exact) mass is 338 g/mol. The van der Waals surface area contributed by atoms with Crippen molar-refractivity contribution < 1.29 is 9.59 Å². The molecule has 2 aromatic carbocycles. The number of aryl methyl sites for hydroxylation is 4. The van der Waals surface area contributed by atoms with Crippen molar-refractivity contribution in [1.82, 2.24) is 0 Å². The SMILES string of the molecule is CCc1ccc(N(CC(=O)Nc2c(C)cc(C)cc2C)C(C)=O)cc1. The number of hydrogen-bond donors (Lipinski definition) is 1. The lowest BCUT2D eigenvalue weighted by Gasteiger charge is -2.22. The first kappa shape index (κ1) is 18.7. The molecule has 0 aliphatic heterocycles. The molecule has 0 saturated heterocycles. The maximum Gasteiger partial charge on any atom is 0.244 e. The Hall–Kier alpha value is -2.62. The van der Waals surface area contributed by atoms with Crippen LogP contribution in [-0.2, 0) is 16.0 Å². The quantitative estimate of drug-likeness (QED) is 0.889. The van der Waals surface area contributed by atoms with Gasteiger partial charge in [-0.3, -0.25) is 9.59 Å². The molecule has 0 aliphatic carbocycles. The Kier molecular flexibility index (Phi) is 5.97. The predicted octanol–water partition coefficient (Wildman–Crippen LogP) is 4.17. The number of hydrogen-bond acceptors (Lipinski definition) is 2. The molecule has 0 heterocycles. The van der Waals surface area contributed by atoms with Crippen LogP contribution in [0.5, 0.6) is 0 Å². The van der Waals surface area contributed by atoms with Crippen LogP contribution in [0.25, 0.3) is 0 Å². The van der Waals surface area contributed by atoms with Gasteiger partial charge in [-0.25, -0.2) is 0 Å². The molecule has 0 fully saturated rings. The topological polar surface area (TPSA) is 49.4 Å². The molecular weight excluding hydrogens is 312 g/mol. The fraction of sp³-hybridized carbons (Fsp3) is 0.333. The van der Waals surface area contributed by atoms with E-state index in [4.69, 9.17) is 0 Å². The van der Waals surface area contributed by atoms with Crippen LogP contribution in [0, 0.1) is 20.8 Å². The maximum absolute atomic E-state index is 12.5. The standard InChI is InChI=1S/C21H26N2O2/c1-6-18-7-9-19(10-8-18)23(17(5)24)13-20(25)22-21-15(3)11-14(2)12-16(21)4/h7-12H,6,13H2,1-5H3,(H,22,25). The molecule has 2 rings (SSSR count). The predicted molar refractivity (Wildman–Crippen MR) is 103 cm³/mol. The number of nitrogens with zero attached hydrogens (tertiary/aromatic N) is 1. The van der Waals surface area contributed by atoms with Crippen LogP contribution < -0.4 is 10.2 Å². The Labute approximate surface area is 149 Å². The highest BCUT2D eigenvalue weighted by molar-refractivity contribution is 6.02. The van der Waals surface area contributed by atoms with E-state index in [2.05, 4.69) is 12.2 Å². The Morgan fingerprint density at radius 3 is 2.04 bits per heavy atom. The van der Waals surface area contributed by atoms with Crippen LogP contribution in [0.1, 0.15) is 36.1 Å². The minimum Gasteiger partial charge on any atom is -0.324 e. The molecule has 0 bridgehead atoms. The van der Waals surface area contributed by atoms with E-state index in [9.17, 15) is 9.59 Å². The average molecular weight is 338 g/mol. The maximum atomic E-state index is 12.5. The lowest BCUT2D eigenvalue weighted by atomic mass is 10.1. The zero-order valence-electron chi connectivity index (χ0n) is 15.6. The fourth-order valence-electron chi connectivity index (χ4n) is 3.00. The van der Waals surface area contributed by atoms with E-state index in [1.54, 1.807) is 0 Å². The highest BCUT2D eigenvalue weighted by Crippen LogP contribution is 2.22. The molecule has 0 atom stereocenters. The van der Waals surface area contributed by atoms with E-state index in [-0.39, 0.29) is 18.4 Å². The third-order valence-electron chi connectivity index (χ3n) is 4.28. The van der Waals surface area contributed by atoms with Crippen molar-refractivity contribution in [3.63, 3.8) is 0 Å². The van der Waals surface area contributed by atoms with Gasteiger partial charge in [-0.2, -0.15) is 0 Å². The summed E-state index contributed by atoms with van der Waals surface area (Å²) in [6.45, 7) is 9.53. The second-order valence-corrected chi connectivity index (χ2v) is 6.45. The number of nitrogens with one attached hydrogen (secondary N) is 1. The molecular formula is C21H26N2O2. The molecule has 2 amide bonds. The third kappa shape index (κ3) is 4.69. The first-order chi connectivity index (χ1) is 11.8. The van der Waals surface area contributed by atoms with Crippen molar-refractivity contribution in [3.8, 4) is 0 Å². The molecule has 25 heavy (non-hydrogen) atoms. The number of carbonyl (C=O) groups is 2. The summed E-state index contributed by atoms with van der Waals surface area (Å²) in [6, 6.07) is 11.8. The van der Waals surface area contributed by atoms with Gasteiger partial charge < -0.3 is 10.2 Å². The van der Waals surface area contributed by atoms with Gasteiger partial charge in [0.2, 0.25) is 11.8 Å². The first-order valence-corrected chi connectivity index (χ1v) is 8.56. The third-order valence-corrected chi connectivity index (χ3v) is 4.28. The lowest BCUT2D eigenvalue weighted by Crippen LogP contribution is -2.36. The van der Waals surface area contributed by atoms with Crippen LogP contribution in [0.3, 0.4) is 0 Å². The molecule has 0 radical (unpaired) electrons. The molecule has 4 nitrogen and oxygen atoms in total. The van der Waals surface area contributed by atoms with E-state index in [1.807, 2.05) is 57.2 Å². The van der Waals surface area contributed by atoms with Crippen LogP contribution in [0.15, 0.2) is 36.4 Å². The van der Waals surface area contributed by atoms with E-state index in [1.165, 1.54) is 17.4 Å². The summed E-state index contributed by atoms with van der Waals surface area (Å²) < 4.78 is 0. The largest absolute Gasteiger partial charge is 0.324 e. The van der Waals surface area contributed by atoms with Crippen molar-refractivity contribution in [3.05, 3.63) is 58.7 Å². The van der Waals surface area contributed by atoms with Crippen molar-refractivity contribution >= 4 is 23.2 Å². The molecule has 4 heteroatoms. The van der Waals surface area contributed by atoms with Crippen molar-refractivity contribution in [1.29, 1.82) is 0 Å². The van der Waals surface area contributed by atoms with Gasteiger partial charge in [0.05, 0.1) is 0 Å². The van der Waals surface area contributed by atoms with Gasteiger partial charge in [-0.1, -0.05) is 36.8 Å². The summed E-state index contributed by atoms with van der Waals surface area (Å²) in [4.78, 5) is 26.0.